The maximum Gasteiger partial charge on any atom is 0.406 e. The summed E-state index contributed by atoms with van der Waals surface area (Å²) in [6, 6.07) is 8.66. The molecule has 0 aliphatic carbocycles. The number of ether oxygens (including phenoxy) is 1. The Bertz CT molecular complexity index is 403. The number of benzene rings is 1. The number of amides is 1. The van der Waals surface area contributed by atoms with Crippen LogP contribution in [0.4, 0.5) is 4.79 Å². The number of nitrogens with zero attached hydrogens (tertiary/aromatic N) is 1. The number of methoxy groups -OCH3 is 1. The Balaban J connectivity index is 0.00000200. The molecule has 1 fully saturated rings. The average molecular weight is 264 g/mol. The van der Waals surface area contributed by atoms with Gasteiger partial charge in [0.15, 0.2) is 0 Å². The van der Waals surface area contributed by atoms with Crippen molar-refractivity contribution < 1.29 is 11.0 Å². The Hall–Kier alpha value is -1.55. The molecule has 2 rings (SSSR count). The van der Waals surface area contributed by atoms with Gasteiger partial charge in [-0.25, -0.2) is 4.79 Å². The largest absolute Gasteiger partial charge is 0.453 e. The fourth-order valence-electron chi connectivity index (χ4n) is 2.39. The highest BCUT2D eigenvalue weighted by molar-refractivity contribution is 5.66. The van der Waals surface area contributed by atoms with Crippen LogP contribution in [0.3, 0.4) is 0 Å². The summed E-state index contributed by atoms with van der Waals surface area (Å²) in [5.41, 5.74) is 2.60. The molecule has 1 saturated heterocycles. The van der Waals surface area contributed by atoms with E-state index < -0.39 is 0 Å². The van der Waals surface area contributed by atoms with Crippen LogP contribution in [-0.4, -0.2) is 37.7 Å². The molecule has 4 nitrogen and oxygen atoms in total. The quantitative estimate of drug-likeness (QED) is 0.888. The number of hydrogen-bond acceptors (Lipinski definition) is 3. The molecule has 1 amide bonds. The summed E-state index contributed by atoms with van der Waals surface area (Å²) < 4.78 is 4.53. The van der Waals surface area contributed by atoms with Crippen molar-refractivity contribution in [1.82, 2.24) is 10.2 Å². The molecule has 0 saturated carbocycles. The van der Waals surface area contributed by atoms with Crippen molar-refractivity contribution in [2.75, 3.05) is 26.7 Å². The van der Waals surface area contributed by atoms with Gasteiger partial charge in [0, 0.05) is 14.5 Å². The fourth-order valence-corrected chi connectivity index (χ4v) is 2.39. The van der Waals surface area contributed by atoms with Crippen molar-refractivity contribution in [3.05, 3.63) is 35.4 Å². The molecule has 1 N–H and O–H groups in total. The van der Waals surface area contributed by atoms with Crippen LogP contribution in [-0.2, 0) is 17.7 Å². The summed E-state index contributed by atoms with van der Waals surface area (Å²) in [5.74, 6) is 0. The Morgan fingerprint density at radius 2 is 1.89 bits per heavy atom. The Kier molecular flexibility index (Phi) is 5.21. The van der Waals surface area contributed by atoms with E-state index >= 15 is 0 Å². The van der Waals surface area contributed by atoms with Crippen LogP contribution in [0.2, 0.25) is 0 Å². The number of carbonyl (C=O) groups is 1. The number of hydrogen-bond donors (Lipinski definition) is 1. The van der Waals surface area contributed by atoms with E-state index in [1.54, 1.807) is 0 Å². The highest BCUT2D eigenvalue weighted by Gasteiger charge is 2.11. The first-order chi connectivity index (χ1) is 9.28. The van der Waals surface area contributed by atoms with Gasteiger partial charge in [-0.3, -0.25) is 4.90 Å². The van der Waals surface area contributed by atoms with Gasteiger partial charge in [0.05, 0.1) is 7.11 Å². The van der Waals surface area contributed by atoms with Crippen LogP contribution in [0, 0.1) is 0 Å². The summed E-state index contributed by atoms with van der Waals surface area (Å²) in [4.78, 5) is 13.4. The first-order valence-corrected chi connectivity index (χ1v) is 6.90. The Morgan fingerprint density at radius 3 is 2.53 bits per heavy atom. The molecule has 1 aromatic rings. The number of rotatable bonds is 5. The zero-order valence-electron chi connectivity index (χ0n) is 11.5. The van der Waals surface area contributed by atoms with Crippen LogP contribution in [0.5, 0.6) is 0 Å². The number of carbonyl (C=O) groups excluding carboxylic acids is 1. The van der Waals surface area contributed by atoms with Crippen LogP contribution >= 0.6 is 0 Å². The lowest BCUT2D eigenvalue weighted by Crippen LogP contribution is -2.25. The van der Waals surface area contributed by atoms with E-state index in [2.05, 4.69) is 39.2 Å². The second kappa shape index (κ2) is 7.14. The van der Waals surface area contributed by atoms with E-state index in [9.17, 15) is 4.79 Å². The molecule has 1 aliphatic heterocycles. The van der Waals surface area contributed by atoms with Crippen LogP contribution in [0.1, 0.15) is 25.4 Å². The highest BCUT2D eigenvalue weighted by Crippen LogP contribution is 2.13. The molecule has 0 aromatic heterocycles. The molecule has 1 heterocycles. The molecule has 1 aliphatic rings. The van der Waals surface area contributed by atoms with E-state index in [0.717, 1.165) is 13.0 Å². The van der Waals surface area contributed by atoms with Crippen molar-refractivity contribution in [3.8, 4) is 0 Å². The molecule has 19 heavy (non-hydrogen) atoms. The maximum absolute atomic E-state index is 10.9. The molecule has 0 unspecified atom stereocenters. The van der Waals surface area contributed by atoms with Gasteiger partial charge in [-0.15, -0.1) is 0 Å². The molecule has 0 bridgehead atoms. The van der Waals surface area contributed by atoms with Gasteiger partial charge >= 0.3 is 6.09 Å². The van der Waals surface area contributed by atoms with Crippen LogP contribution in [0.25, 0.3) is 0 Å². The van der Waals surface area contributed by atoms with E-state index in [-0.39, 0.29) is 7.52 Å². The summed E-state index contributed by atoms with van der Waals surface area (Å²) in [6.07, 6.45) is 3.12. The van der Waals surface area contributed by atoms with Crippen molar-refractivity contribution in [1.29, 1.82) is 0 Å². The Morgan fingerprint density at radius 1 is 1.26 bits per heavy atom. The van der Waals surface area contributed by atoms with E-state index in [1.165, 1.54) is 44.2 Å². The zero-order chi connectivity index (χ0) is 13.5. The van der Waals surface area contributed by atoms with Crippen molar-refractivity contribution in [2.24, 2.45) is 0 Å². The van der Waals surface area contributed by atoms with Gasteiger partial charge in [-0.05, 0) is 43.5 Å². The molecule has 1 aromatic carbocycles. The predicted octanol–water partition coefficient (Wildman–Crippen LogP) is 2.43. The third kappa shape index (κ3) is 4.56. The standard InChI is InChI=1S/C15H22N2O2.H2/c1-19-15(18)16-9-8-13-4-6-14(7-5-13)12-17-10-2-3-11-17;/h4-7H,2-3,8-12H2,1H3,(H,16,18);1H. The molecule has 0 atom stereocenters. The average Bonchev–Trinajstić information content (AvgIpc) is 2.93. The minimum Gasteiger partial charge on any atom is -0.453 e. The lowest BCUT2D eigenvalue weighted by Gasteiger charge is -2.14. The third-order valence-corrected chi connectivity index (χ3v) is 3.50. The SMILES string of the molecule is COC(=O)NCCc1ccc(CN2CCCC2)cc1.[HH]. The number of likely N-dealkylation sites (tertiary alicyclic amines) is 1. The molecule has 106 valence electrons. The highest BCUT2D eigenvalue weighted by atomic mass is 16.5. The van der Waals surface area contributed by atoms with Crippen molar-refractivity contribution in [2.45, 2.75) is 25.8 Å². The smallest absolute Gasteiger partial charge is 0.406 e. The van der Waals surface area contributed by atoms with Gasteiger partial charge in [0.1, 0.15) is 0 Å². The van der Waals surface area contributed by atoms with E-state index in [4.69, 9.17) is 0 Å². The first-order valence-electron chi connectivity index (χ1n) is 6.90. The van der Waals surface area contributed by atoms with Gasteiger partial charge < -0.3 is 10.1 Å². The lowest BCUT2D eigenvalue weighted by atomic mass is 10.1. The normalized spacial score (nSPS) is 15.4. The lowest BCUT2D eigenvalue weighted by molar-refractivity contribution is 0.171. The molecule has 4 heteroatoms. The van der Waals surface area contributed by atoms with Crippen molar-refractivity contribution >= 4 is 6.09 Å². The van der Waals surface area contributed by atoms with Gasteiger partial charge in [0.2, 0.25) is 0 Å². The first kappa shape index (κ1) is 13.9. The summed E-state index contributed by atoms with van der Waals surface area (Å²) in [7, 11) is 1.38. The molecular formula is C15H24N2O2. The second-order valence-electron chi connectivity index (χ2n) is 4.97. The van der Waals surface area contributed by atoms with Gasteiger partial charge in [-0.2, -0.15) is 0 Å². The topological polar surface area (TPSA) is 41.6 Å². The Labute approximate surface area is 116 Å². The molecule has 0 radical (unpaired) electrons. The molecule has 0 spiro atoms. The fraction of sp³-hybridized carbons (Fsp3) is 0.533. The predicted molar refractivity (Wildman–Crippen MR) is 77.2 cm³/mol. The monoisotopic (exact) mass is 264 g/mol. The van der Waals surface area contributed by atoms with Gasteiger partial charge in [0.25, 0.3) is 0 Å². The summed E-state index contributed by atoms with van der Waals surface area (Å²) in [6.45, 7) is 4.12. The summed E-state index contributed by atoms with van der Waals surface area (Å²) >= 11 is 0. The summed E-state index contributed by atoms with van der Waals surface area (Å²) in [5, 5.41) is 2.68. The molecular weight excluding hydrogens is 240 g/mol. The second-order valence-corrected chi connectivity index (χ2v) is 4.97. The third-order valence-electron chi connectivity index (χ3n) is 3.50. The van der Waals surface area contributed by atoms with Crippen molar-refractivity contribution in [3.63, 3.8) is 0 Å². The maximum atomic E-state index is 10.9. The van der Waals surface area contributed by atoms with Crippen LogP contribution in [0.15, 0.2) is 24.3 Å². The minimum absolute atomic E-state index is 0. The van der Waals surface area contributed by atoms with Crippen LogP contribution < -0.4 is 5.32 Å². The van der Waals surface area contributed by atoms with Gasteiger partial charge in [-0.1, -0.05) is 24.3 Å². The van der Waals surface area contributed by atoms with E-state index in [0.29, 0.717) is 6.54 Å². The zero-order valence-corrected chi connectivity index (χ0v) is 11.5. The minimum atomic E-state index is -0.370. The number of alkyl carbamates (subject to hydrolysis) is 1. The number of nitrogens with one attached hydrogen (secondary N) is 1. The van der Waals surface area contributed by atoms with E-state index in [1.807, 2.05) is 0 Å².